The molecule has 1 aliphatic carbocycles. The van der Waals surface area contributed by atoms with E-state index in [1.807, 2.05) is 20.8 Å². The lowest BCUT2D eigenvalue weighted by Gasteiger charge is -2.29. The molecule has 5 nitrogen and oxygen atoms in total. The first-order valence-electron chi connectivity index (χ1n) is 8.07. The molecule has 1 aliphatic rings. The van der Waals surface area contributed by atoms with Gasteiger partial charge in [0.1, 0.15) is 0 Å². The summed E-state index contributed by atoms with van der Waals surface area (Å²) in [7, 11) is 1.74. The van der Waals surface area contributed by atoms with Crippen molar-refractivity contribution in [1.82, 2.24) is 16.0 Å². The van der Waals surface area contributed by atoms with E-state index < -0.39 is 0 Å². The third-order valence-electron chi connectivity index (χ3n) is 3.98. The minimum Gasteiger partial charge on any atom is -0.356 e. The Morgan fingerprint density at radius 2 is 1.82 bits per heavy atom. The highest BCUT2D eigenvalue weighted by atomic mass is 127. The summed E-state index contributed by atoms with van der Waals surface area (Å²) in [5.74, 6) is 2.17. The van der Waals surface area contributed by atoms with Crippen molar-refractivity contribution in [2.75, 3.05) is 20.1 Å². The van der Waals surface area contributed by atoms with Crippen LogP contribution in [0.5, 0.6) is 0 Å². The number of rotatable bonds is 4. The smallest absolute Gasteiger partial charge is 0.239 e. The van der Waals surface area contributed by atoms with Crippen molar-refractivity contribution in [1.29, 1.82) is 0 Å². The second-order valence-electron chi connectivity index (χ2n) is 7.13. The van der Waals surface area contributed by atoms with E-state index in [2.05, 4.69) is 27.9 Å². The largest absolute Gasteiger partial charge is 0.356 e. The van der Waals surface area contributed by atoms with Gasteiger partial charge in [0.05, 0.1) is 6.54 Å². The van der Waals surface area contributed by atoms with Crippen molar-refractivity contribution in [3.05, 3.63) is 0 Å². The van der Waals surface area contributed by atoms with E-state index in [9.17, 15) is 4.79 Å². The molecule has 1 amide bonds. The van der Waals surface area contributed by atoms with E-state index in [1.54, 1.807) is 7.05 Å². The van der Waals surface area contributed by atoms with Gasteiger partial charge >= 0.3 is 0 Å². The third kappa shape index (κ3) is 8.80. The van der Waals surface area contributed by atoms with E-state index in [0.29, 0.717) is 11.9 Å². The normalized spacial score (nSPS) is 22.5. The Hall–Kier alpha value is -0.530. The van der Waals surface area contributed by atoms with Crippen molar-refractivity contribution >= 4 is 35.8 Å². The molecule has 130 valence electrons. The van der Waals surface area contributed by atoms with Crippen molar-refractivity contribution < 1.29 is 4.79 Å². The summed E-state index contributed by atoms with van der Waals surface area (Å²) in [6.45, 7) is 9.44. The second kappa shape index (κ2) is 10.3. The Bertz CT molecular complexity index is 366. The fourth-order valence-electron chi connectivity index (χ4n) is 2.77. The minimum absolute atomic E-state index is 0. The van der Waals surface area contributed by atoms with E-state index in [-0.39, 0.29) is 42.0 Å². The Labute approximate surface area is 152 Å². The van der Waals surface area contributed by atoms with E-state index in [4.69, 9.17) is 0 Å². The highest BCUT2D eigenvalue weighted by molar-refractivity contribution is 14.0. The summed E-state index contributed by atoms with van der Waals surface area (Å²) in [5.41, 5.74) is -0.201. The summed E-state index contributed by atoms with van der Waals surface area (Å²) in [4.78, 5) is 16.0. The fraction of sp³-hybridized carbons (Fsp3) is 0.875. The predicted molar refractivity (Wildman–Crippen MR) is 104 cm³/mol. The molecule has 6 heteroatoms. The number of nitrogens with zero attached hydrogens (tertiary/aromatic N) is 1. The zero-order chi connectivity index (χ0) is 15.9. The maximum atomic E-state index is 11.8. The zero-order valence-corrected chi connectivity index (χ0v) is 17.0. The van der Waals surface area contributed by atoms with Crippen LogP contribution < -0.4 is 16.0 Å². The van der Waals surface area contributed by atoms with E-state index >= 15 is 0 Å². The van der Waals surface area contributed by atoms with Gasteiger partial charge in [-0.3, -0.25) is 9.79 Å². The van der Waals surface area contributed by atoms with Crippen molar-refractivity contribution in [2.24, 2.45) is 16.8 Å². The van der Waals surface area contributed by atoms with Crippen LogP contribution >= 0.6 is 24.0 Å². The molecule has 0 heterocycles. The number of halogens is 1. The summed E-state index contributed by atoms with van der Waals surface area (Å²) in [5, 5.41) is 9.35. The first kappa shape index (κ1) is 21.5. The van der Waals surface area contributed by atoms with Crippen LogP contribution in [0.25, 0.3) is 0 Å². The molecule has 0 radical (unpaired) electrons. The minimum atomic E-state index is -0.201. The van der Waals surface area contributed by atoms with Crippen LogP contribution in [-0.4, -0.2) is 37.5 Å². The first-order chi connectivity index (χ1) is 9.81. The second-order valence-corrected chi connectivity index (χ2v) is 7.13. The van der Waals surface area contributed by atoms with Gasteiger partial charge in [-0.15, -0.1) is 24.0 Å². The number of carbonyl (C=O) groups is 1. The number of aliphatic imine (C=N–C) groups is 1. The van der Waals surface area contributed by atoms with Crippen LogP contribution in [0.3, 0.4) is 0 Å². The summed E-state index contributed by atoms with van der Waals surface area (Å²) in [6.07, 6.45) is 5.30. The van der Waals surface area contributed by atoms with Crippen LogP contribution in [0, 0.1) is 11.8 Å². The molecule has 0 spiro atoms. The molecule has 0 aliphatic heterocycles. The van der Waals surface area contributed by atoms with Crippen LogP contribution in [0.15, 0.2) is 4.99 Å². The molecular weight excluding hydrogens is 391 g/mol. The summed E-state index contributed by atoms with van der Waals surface area (Å²) >= 11 is 0. The van der Waals surface area contributed by atoms with E-state index in [0.717, 1.165) is 12.5 Å². The van der Waals surface area contributed by atoms with Gasteiger partial charge in [0.25, 0.3) is 0 Å². The summed E-state index contributed by atoms with van der Waals surface area (Å²) < 4.78 is 0. The van der Waals surface area contributed by atoms with Gasteiger partial charge in [-0.25, -0.2) is 0 Å². The molecule has 2 unspecified atom stereocenters. The third-order valence-corrected chi connectivity index (χ3v) is 3.98. The number of nitrogens with one attached hydrogen (secondary N) is 3. The molecule has 1 fully saturated rings. The fourth-order valence-corrected chi connectivity index (χ4v) is 2.77. The van der Waals surface area contributed by atoms with Gasteiger partial charge < -0.3 is 16.0 Å². The van der Waals surface area contributed by atoms with Crippen molar-refractivity contribution in [2.45, 2.75) is 58.9 Å². The van der Waals surface area contributed by atoms with Crippen LogP contribution in [0.4, 0.5) is 0 Å². The zero-order valence-electron chi connectivity index (χ0n) is 14.7. The van der Waals surface area contributed by atoms with Gasteiger partial charge in [0.15, 0.2) is 5.96 Å². The molecule has 2 atom stereocenters. The number of guanidine groups is 1. The van der Waals surface area contributed by atoms with Crippen LogP contribution in [0.2, 0.25) is 0 Å². The van der Waals surface area contributed by atoms with Crippen LogP contribution in [-0.2, 0) is 4.79 Å². The Morgan fingerprint density at radius 1 is 1.18 bits per heavy atom. The molecule has 0 aromatic rings. The summed E-state index contributed by atoms with van der Waals surface area (Å²) in [6, 6.07) is 0. The predicted octanol–water partition coefficient (Wildman–Crippen LogP) is 2.51. The Balaban J connectivity index is 0.00000441. The number of hydrogen-bond acceptors (Lipinski definition) is 2. The number of hydrogen-bond donors (Lipinski definition) is 3. The Morgan fingerprint density at radius 3 is 2.36 bits per heavy atom. The van der Waals surface area contributed by atoms with Gasteiger partial charge in [0, 0.05) is 19.1 Å². The van der Waals surface area contributed by atoms with Gasteiger partial charge in [-0.05, 0) is 39.0 Å². The topological polar surface area (TPSA) is 65.5 Å². The van der Waals surface area contributed by atoms with Crippen molar-refractivity contribution in [3.8, 4) is 0 Å². The number of carbonyl (C=O) groups excluding carboxylic acids is 1. The number of amides is 1. The molecule has 1 saturated carbocycles. The molecule has 22 heavy (non-hydrogen) atoms. The highest BCUT2D eigenvalue weighted by Crippen LogP contribution is 2.28. The molecule has 3 N–H and O–H groups in total. The van der Waals surface area contributed by atoms with Crippen LogP contribution in [0.1, 0.15) is 53.4 Å². The maximum absolute atomic E-state index is 11.8. The molecule has 0 bridgehead atoms. The highest BCUT2D eigenvalue weighted by Gasteiger charge is 2.21. The Kier molecular flexibility index (Phi) is 10.0. The SMILES string of the molecule is CN=C(NCC(=O)NC(C)(C)C)NCC1CCCCC1C.I. The molecule has 0 aromatic carbocycles. The molecular formula is C16H33IN4O. The molecule has 0 saturated heterocycles. The lowest BCUT2D eigenvalue weighted by Crippen LogP contribution is -2.49. The average molecular weight is 424 g/mol. The van der Waals surface area contributed by atoms with E-state index in [1.165, 1.54) is 25.7 Å². The quantitative estimate of drug-likeness (QED) is 0.369. The molecule has 1 rings (SSSR count). The maximum Gasteiger partial charge on any atom is 0.239 e. The first-order valence-corrected chi connectivity index (χ1v) is 8.07. The molecule has 0 aromatic heterocycles. The van der Waals surface area contributed by atoms with Gasteiger partial charge in [-0.2, -0.15) is 0 Å². The lowest BCUT2D eigenvalue weighted by molar-refractivity contribution is -0.121. The average Bonchev–Trinajstić information content (AvgIpc) is 2.38. The van der Waals surface area contributed by atoms with Gasteiger partial charge in [0.2, 0.25) is 5.91 Å². The lowest BCUT2D eigenvalue weighted by atomic mass is 9.80. The van der Waals surface area contributed by atoms with Gasteiger partial charge in [-0.1, -0.05) is 26.2 Å². The standard InChI is InChI=1S/C16H32N4O.HI/c1-12-8-6-7-9-13(12)10-18-15(17-5)19-11-14(21)20-16(2,3)4;/h12-13H,6-11H2,1-5H3,(H,20,21)(H2,17,18,19);1H. The van der Waals surface area contributed by atoms with Crippen molar-refractivity contribution in [3.63, 3.8) is 0 Å². The monoisotopic (exact) mass is 424 g/mol.